The van der Waals surface area contributed by atoms with Crippen LogP contribution in [0.1, 0.15) is 23.5 Å². The number of rotatable bonds is 2. The molecule has 24 heavy (non-hydrogen) atoms. The number of piperidine rings is 1. The van der Waals surface area contributed by atoms with Gasteiger partial charge in [-0.1, -0.05) is 23.7 Å². The number of H-pyrrole nitrogens is 1. The summed E-state index contributed by atoms with van der Waals surface area (Å²) in [5.41, 5.74) is 3.97. The standard InChI is InChI=1S/C19H21ClN4/c1-23-9-12(10-24-6-5-21-11-24)7-14-13-3-2-4-16-18(13)15(8-17(14)23)19(20)22-16/h2-6,11-12,14,17,22H,7-10H2,1H3/t12-,14-,17-/m1/s1. The van der Waals surface area contributed by atoms with Gasteiger partial charge in [0.2, 0.25) is 0 Å². The minimum Gasteiger partial charge on any atom is -0.345 e. The molecule has 1 saturated heterocycles. The van der Waals surface area contributed by atoms with Gasteiger partial charge in [-0.25, -0.2) is 4.98 Å². The van der Waals surface area contributed by atoms with Crippen LogP contribution in [-0.4, -0.2) is 39.1 Å². The third kappa shape index (κ3) is 2.13. The number of hydrogen-bond donors (Lipinski definition) is 1. The average molecular weight is 341 g/mol. The predicted octanol–water partition coefficient (Wildman–Crippen LogP) is 3.68. The van der Waals surface area contributed by atoms with Crippen LogP contribution in [0.4, 0.5) is 0 Å². The molecule has 0 unspecified atom stereocenters. The van der Waals surface area contributed by atoms with E-state index in [-0.39, 0.29) is 0 Å². The average Bonchev–Trinajstić information content (AvgIpc) is 3.18. The van der Waals surface area contributed by atoms with E-state index in [0.717, 1.165) is 24.7 Å². The maximum absolute atomic E-state index is 6.49. The molecule has 2 aromatic heterocycles. The number of aromatic amines is 1. The lowest BCUT2D eigenvalue weighted by molar-refractivity contribution is 0.103. The first kappa shape index (κ1) is 14.6. The molecular formula is C19H21ClN4. The minimum absolute atomic E-state index is 0.551. The van der Waals surface area contributed by atoms with Crippen molar-refractivity contribution < 1.29 is 0 Å². The van der Waals surface area contributed by atoms with Crippen molar-refractivity contribution in [2.75, 3.05) is 13.6 Å². The van der Waals surface area contributed by atoms with E-state index in [1.807, 2.05) is 12.5 Å². The molecule has 0 bridgehead atoms. The van der Waals surface area contributed by atoms with Crippen molar-refractivity contribution in [3.63, 3.8) is 0 Å². The van der Waals surface area contributed by atoms with E-state index in [2.05, 4.69) is 50.9 Å². The quantitative estimate of drug-likeness (QED) is 0.772. The zero-order valence-corrected chi connectivity index (χ0v) is 14.5. The maximum atomic E-state index is 6.49. The SMILES string of the molecule is CN1C[C@H](Cn2ccnc2)C[C@@H]2c3cccc4[nH]c(Cl)c(c34)C[C@H]21. The van der Waals surface area contributed by atoms with Gasteiger partial charge in [0, 0.05) is 48.3 Å². The molecule has 1 N–H and O–H groups in total. The number of hydrogen-bond acceptors (Lipinski definition) is 2. The zero-order chi connectivity index (χ0) is 16.3. The molecule has 0 amide bonds. The summed E-state index contributed by atoms with van der Waals surface area (Å²) < 4.78 is 2.21. The minimum atomic E-state index is 0.551. The molecule has 4 nitrogen and oxygen atoms in total. The number of benzene rings is 1. The molecule has 5 heteroatoms. The first-order valence-electron chi connectivity index (χ1n) is 8.65. The van der Waals surface area contributed by atoms with Crippen LogP contribution < -0.4 is 0 Å². The Bertz CT molecular complexity index is 882. The van der Waals surface area contributed by atoms with E-state index in [1.165, 1.54) is 28.5 Å². The van der Waals surface area contributed by atoms with Crippen molar-refractivity contribution in [2.24, 2.45) is 5.92 Å². The molecule has 1 aromatic carbocycles. The number of likely N-dealkylation sites (N-methyl/N-ethyl adjacent to an activating group) is 1. The Hall–Kier alpha value is -1.78. The Morgan fingerprint density at radius 1 is 1.38 bits per heavy atom. The van der Waals surface area contributed by atoms with E-state index in [9.17, 15) is 0 Å². The zero-order valence-electron chi connectivity index (χ0n) is 13.7. The number of fused-ring (bicyclic) bond motifs is 2. The van der Waals surface area contributed by atoms with Crippen molar-refractivity contribution in [1.82, 2.24) is 19.4 Å². The van der Waals surface area contributed by atoms with E-state index >= 15 is 0 Å². The van der Waals surface area contributed by atoms with Gasteiger partial charge in [-0.2, -0.15) is 0 Å². The Labute approximate surface area is 146 Å². The van der Waals surface area contributed by atoms with Gasteiger partial charge >= 0.3 is 0 Å². The lowest BCUT2D eigenvalue weighted by Crippen LogP contribution is -2.48. The van der Waals surface area contributed by atoms with Gasteiger partial charge in [0.05, 0.1) is 6.33 Å². The first-order valence-corrected chi connectivity index (χ1v) is 9.03. The highest BCUT2D eigenvalue weighted by molar-refractivity contribution is 6.32. The third-order valence-electron chi connectivity index (χ3n) is 5.91. The molecule has 0 saturated carbocycles. The van der Waals surface area contributed by atoms with Crippen molar-refractivity contribution in [2.45, 2.75) is 31.3 Å². The van der Waals surface area contributed by atoms with Crippen molar-refractivity contribution >= 4 is 22.5 Å². The van der Waals surface area contributed by atoms with Gasteiger partial charge < -0.3 is 14.5 Å². The van der Waals surface area contributed by atoms with Crippen LogP contribution in [0.15, 0.2) is 36.9 Å². The summed E-state index contributed by atoms with van der Waals surface area (Å²) in [6, 6.07) is 7.16. The van der Waals surface area contributed by atoms with Crippen LogP contribution in [0.5, 0.6) is 0 Å². The van der Waals surface area contributed by atoms with Crippen LogP contribution in [0.3, 0.4) is 0 Å². The third-order valence-corrected chi connectivity index (χ3v) is 6.24. The molecule has 3 atom stereocenters. The second-order valence-electron chi connectivity index (χ2n) is 7.37. The summed E-state index contributed by atoms with van der Waals surface area (Å²) in [4.78, 5) is 10.1. The van der Waals surface area contributed by atoms with Crippen LogP contribution >= 0.6 is 11.6 Å². The van der Waals surface area contributed by atoms with Crippen molar-refractivity contribution in [3.05, 3.63) is 53.2 Å². The Morgan fingerprint density at radius 3 is 3.12 bits per heavy atom. The fraction of sp³-hybridized carbons (Fsp3) is 0.421. The highest BCUT2D eigenvalue weighted by Crippen LogP contribution is 2.46. The number of halogens is 1. The number of imidazole rings is 1. The number of nitrogens with one attached hydrogen (secondary N) is 1. The number of nitrogens with zero attached hydrogens (tertiary/aromatic N) is 3. The lowest BCUT2D eigenvalue weighted by Gasteiger charge is -2.45. The number of likely N-dealkylation sites (tertiary alicyclic amines) is 1. The maximum Gasteiger partial charge on any atom is 0.110 e. The fourth-order valence-corrected chi connectivity index (χ4v) is 5.20. The molecule has 3 heterocycles. The molecule has 1 aliphatic carbocycles. The van der Waals surface area contributed by atoms with Crippen LogP contribution in [0, 0.1) is 5.92 Å². The van der Waals surface area contributed by atoms with E-state index < -0.39 is 0 Å². The van der Waals surface area contributed by atoms with Crippen molar-refractivity contribution in [3.8, 4) is 0 Å². The summed E-state index contributed by atoms with van der Waals surface area (Å²) >= 11 is 6.49. The topological polar surface area (TPSA) is 36.9 Å². The summed E-state index contributed by atoms with van der Waals surface area (Å²) in [5, 5.41) is 2.20. The highest BCUT2D eigenvalue weighted by atomic mass is 35.5. The highest BCUT2D eigenvalue weighted by Gasteiger charge is 2.40. The molecular weight excluding hydrogens is 320 g/mol. The van der Waals surface area contributed by atoms with E-state index in [1.54, 1.807) is 0 Å². The van der Waals surface area contributed by atoms with E-state index in [0.29, 0.717) is 17.9 Å². The molecule has 1 fully saturated rings. The predicted molar refractivity (Wildman–Crippen MR) is 96.5 cm³/mol. The first-order chi connectivity index (χ1) is 11.7. The van der Waals surface area contributed by atoms with Crippen LogP contribution in [0.2, 0.25) is 5.15 Å². The fourth-order valence-electron chi connectivity index (χ4n) is 4.92. The normalized spacial score (nSPS) is 26.7. The van der Waals surface area contributed by atoms with Gasteiger partial charge in [0.1, 0.15) is 5.15 Å². The molecule has 1 aliphatic heterocycles. The van der Waals surface area contributed by atoms with Gasteiger partial charge in [-0.3, -0.25) is 0 Å². The summed E-state index contributed by atoms with van der Waals surface area (Å²) in [6.07, 6.45) is 8.14. The smallest absolute Gasteiger partial charge is 0.110 e. The van der Waals surface area contributed by atoms with Gasteiger partial charge in [-0.15, -0.1) is 0 Å². The molecule has 0 radical (unpaired) electrons. The Kier molecular flexibility index (Phi) is 3.25. The molecule has 0 spiro atoms. The van der Waals surface area contributed by atoms with Gasteiger partial charge in [-0.05, 0) is 43.0 Å². The Morgan fingerprint density at radius 2 is 2.29 bits per heavy atom. The summed E-state index contributed by atoms with van der Waals surface area (Å²) in [5.74, 6) is 1.23. The van der Waals surface area contributed by atoms with Crippen molar-refractivity contribution in [1.29, 1.82) is 0 Å². The van der Waals surface area contributed by atoms with Crippen LogP contribution in [0.25, 0.3) is 10.9 Å². The molecule has 124 valence electrons. The molecule has 5 rings (SSSR count). The summed E-state index contributed by atoms with van der Waals surface area (Å²) in [6.45, 7) is 2.18. The van der Waals surface area contributed by atoms with Gasteiger partial charge in [0.25, 0.3) is 0 Å². The molecule has 3 aromatic rings. The lowest BCUT2D eigenvalue weighted by atomic mass is 9.72. The summed E-state index contributed by atoms with van der Waals surface area (Å²) in [7, 11) is 2.27. The largest absolute Gasteiger partial charge is 0.345 e. The Balaban J connectivity index is 1.54. The second kappa shape index (κ2) is 5.36. The second-order valence-corrected chi connectivity index (χ2v) is 7.74. The monoisotopic (exact) mass is 340 g/mol. The van der Waals surface area contributed by atoms with E-state index in [4.69, 9.17) is 11.6 Å². The van der Waals surface area contributed by atoms with Crippen LogP contribution in [-0.2, 0) is 13.0 Å². The van der Waals surface area contributed by atoms with Gasteiger partial charge in [0.15, 0.2) is 0 Å². The number of aromatic nitrogens is 3. The molecule has 2 aliphatic rings.